The van der Waals surface area contributed by atoms with Gasteiger partial charge in [-0.1, -0.05) is 41.1 Å². The van der Waals surface area contributed by atoms with Crippen molar-refractivity contribution in [1.82, 2.24) is 14.8 Å². The van der Waals surface area contributed by atoms with Gasteiger partial charge >= 0.3 is 0 Å². The summed E-state index contributed by atoms with van der Waals surface area (Å²) in [6.45, 7) is 2.26. The number of aromatic nitrogens is 3. The summed E-state index contributed by atoms with van der Waals surface area (Å²) in [6.07, 6.45) is -0.600. The third-order valence-corrected chi connectivity index (χ3v) is 5.22. The van der Waals surface area contributed by atoms with Gasteiger partial charge in [-0.25, -0.2) is 0 Å². The molecule has 26 heavy (non-hydrogen) atoms. The Labute approximate surface area is 162 Å². The van der Waals surface area contributed by atoms with Crippen LogP contribution in [0.4, 0.5) is 0 Å². The lowest BCUT2D eigenvalue weighted by Crippen LogP contribution is -2.20. The summed E-state index contributed by atoms with van der Waals surface area (Å²) in [5.41, 5.74) is 2.12. The molecule has 7 heteroatoms. The molecule has 2 aromatic carbocycles. The molecule has 1 aromatic heterocycles. The highest BCUT2D eigenvalue weighted by molar-refractivity contribution is 7.99. The van der Waals surface area contributed by atoms with Crippen molar-refractivity contribution in [3.8, 4) is 17.1 Å². The number of benzene rings is 2. The third-order valence-electron chi connectivity index (χ3n) is 3.81. The molecular weight excluding hydrogens is 370 g/mol. The molecule has 0 unspecified atom stereocenters. The zero-order valence-electron chi connectivity index (χ0n) is 14.6. The van der Waals surface area contributed by atoms with Crippen LogP contribution in [0.1, 0.15) is 5.56 Å². The maximum atomic E-state index is 10.2. The fraction of sp³-hybridized carbons (Fsp3) is 0.263. The molecule has 0 amide bonds. The SMILES string of the molecule is Cc1ccc(OC[C@@H](O)CSc2nnc(-c3ccc(Cl)cc3)n2C)cc1. The van der Waals surface area contributed by atoms with Gasteiger partial charge in [0.2, 0.25) is 0 Å². The van der Waals surface area contributed by atoms with Crippen LogP contribution in [0.15, 0.2) is 53.7 Å². The van der Waals surface area contributed by atoms with Crippen molar-refractivity contribution in [2.75, 3.05) is 12.4 Å². The van der Waals surface area contributed by atoms with Crippen molar-refractivity contribution in [2.45, 2.75) is 18.2 Å². The lowest BCUT2D eigenvalue weighted by atomic mass is 10.2. The Morgan fingerprint density at radius 3 is 2.50 bits per heavy atom. The number of halogens is 1. The van der Waals surface area contributed by atoms with Gasteiger partial charge in [0, 0.05) is 23.4 Å². The molecule has 3 aromatic rings. The van der Waals surface area contributed by atoms with Crippen molar-refractivity contribution in [2.24, 2.45) is 7.05 Å². The van der Waals surface area contributed by atoms with E-state index in [0.29, 0.717) is 10.8 Å². The van der Waals surface area contributed by atoms with Crippen LogP contribution in [0.2, 0.25) is 5.02 Å². The van der Waals surface area contributed by atoms with E-state index in [1.807, 2.05) is 67.1 Å². The van der Waals surface area contributed by atoms with Gasteiger partial charge in [-0.05, 0) is 43.3 Å². The van der Waals surface area contributed by atoms with E-state index in [1.165, 1.54) is 17.3 Å². The van der Waals surface area contributed by atoms with Gasteiger partial charge in [0.25, 0.3) is 0 Å². The Bertz CT molecular complexity index is 850. The fourth-order valence-corrected chi connectivity index (χ4v) is 3.28. The quantitative estimate of drug-likeness (QED) is 0.619. The molecule has 0 spiro atoms. The molecule has 136 valence electrons. The molecule has 0 fully saturated rings. The van der Waals surface area contributed by atoms with Crippen molar-refractivity contribution in [1.29, 1.82) is 0 Å². The van der Waals surface area contributed by atoms with E-state index in [1.54, 1.807) is 0 Å². The first-order valence-corrected chi connectivity index (χ1v) is 9.55. The molecule has 1 atom stereocenters. The smallest absolute Gasteiger partial charge is 0.191 e. The lowest BCUT2D eigenvalue weighted by molar-refractivity contribution is 0.126. The zero-order chi connectivity index (χ0) is 18.5. The molecule has 0 aliphatic carbocycles. The second kappa shape index (κ2) is 8.58. The monoisotopic (exact) mass is 389 g/mol. The van der Waals surface area contributed by atoms with Crippen LogP contribution in [-0.2, 0) is 7.05 Å². The molecule has 0 aliphatic rings. The van der Waals surface area contributed by atoms with E-state index in [9.17, 15) is 5.11 Å². The summed E-state index contributed by atoms with van der Waals surface area (Å²) in [5.74, 6) is 1.98. The minimum absolute atomic E-state index is 0.234. The molecule has 5 nitrogen and oxygen atoms in total. The first-order valence-electron chi connectivity index (χ1n) is 8.18. The van der Waals surface area contributed by atoms with Crippen LogP contribution < -0.4 is 4.74 Å². The number of hydrogen-bond donors (Lipinski definition) is 1. The minimum Gasteiger partial charge on any atom is -0.491 e. The number of rotatable bonds is 7. The largest absolute Gasteiger partial charge is 0.491 e. The molecule has 0 aliphatic heterocycles. The number of thioether (sulfide) groups is 1. The van der Waals surface area contributed by atoms with Crippen molar-refractivity contribution < 1.29 is 9.84 Å². The van der Waals surface area contributed by atoms with E-state index in [0.717, 1.165) is 22.3 Å². The Kier molecular flexibility index (Phi) is 6.19. The Morgan fingerprint density at radius 2 is 1.81 bits per heavy atom. The predicted molar refractivity (Wildman–Crippen MR) is 105 cm³/mol. The molecule has 0 bridgehead atoms. The van der Waals surface area contributed by atoms with Crippen LogP contribution in [0.5, 0.6) is 5.75 Å². The number of aryl methyl sites for hydroxylation is 1. The Morgan fingerprint density at radius 1 is 1.12 bits per heavy atom. The van der Waals surface area contributed by atoms with E-state index in [-0.39, 0.29) is 6.61 Å². The van der Waals surface area contributed by atoms with E-state index in [2.05, 4.69) is 10.2 Å². The highest BCUT2D eigenvalue weighted by atomic mass is 35.5. The van der Waals surface area contributed by atoms with Crippen molar-refractivity contribution >= 4 is 23.4 Å². The normalized spacial score (nSPS) is 12.2. The average molecular weight is 390 g/mol. The standard InChI is InChI=1S/C19H20ClN3O2S/c1-13-3-9-17(10-4-13)25-11-16(24)12-26-19-22-21-18(23(19)2)14-5-7-15(20)8-6-14/h3-10,16,24H,11-12H2,1-2H3/t16-/m1/s1. The zero-order valence-corrected chi connectivity index (χ0v) is 16.2. The van der Waals surface area contributed by atoms with Crippen LogP contribution in [0.3, 0.4) is 0 Å². The lowest BCUT2D eigenvalue weighted by Gasteiger charge is -2.12. The summed E-state index contributed by atoms with van der Waals surface area (Å²) in [7, 11) is 1.90. The predicted octanol–water partition coefficient (Wildman–Crippen LogP) is 3.98. The van der Waals surface area contributed by atoms with Crippen LogP contribution in [0.25, 0.3) is 11.4 Å². The number of aliphatic hydroxyl groups excluding tert-OH is 1. The number of aliphatic hydroxyl groups is 1. The van der Waals surface area contributed by atoms with E-state index < -0.39 is 6.10 Å². The average Bonchev–Trinajstić information content (AvgIpc) is 3.01. The van der Waals surface area contributed by atoms with Gasteiger partial charge in [-0.3, -0.25) is 0 Å². The molecule has 1 heterocycles. The second-order valence-electron chi connectivity index (χ2n) is 5.96. The first-order chi connectivity index (χ1) is 12.5. The van der Waals surface area contributed by atoms with Gasteiger partial charge < -0.3 is 14.4 Å². The molecule has 0 saturated heterocycles. The Balaban J connectivity index is 1.54. The van der Waals surface area contributed by atoms with Crippen LogP contribution in [-0.4, -0.2) is 38.3 Å². The van der Waals surface area contributed by atoms with Crippen molar-refractivity contribution in [3.63, 3.8) is 0 Å². The molecule has 0 saturated carbocycles. The molecular formula is C19H20ClN3O2S. The maximum Gasteiger partial charge on any atom is 0.191 e. The minimum atomic E-state index is -0.600. The van der Waals surface area contributed by atoms with Crippen molar-refractivity contribution in [3.05, 3.63) is 59.1 Å². The third kappa shape index (κ3) is 4.78. The molecule has 1 N–H and O–H groups in total. The summed E-state index contributed by atoms with van der Waals surface area (Å²) in [4.78, 5) is 0. The van der Waals surface area contributed by atoms with Crippen LogP contribution >= 0.6 is 23.4 Å². The highest BCUT2D eigenvalue weighted by Crippen LogP contribution is 2.24. The summed E-state index contributed by atoms with van der Waals surface area (Å²) in [6, 6.07) is 15.2. The second-order valence-corrected chi connectivity index (χ2v) is 7.38. The van der Waals surface area contributed by atoms with E-state index in [4.69, 9.17) is 16.3 Å². The Hall–Kier alpha value is -2.02. The van der Waals surface area contributed by atoms with Gasteiger partial charge in [0.15, 0.2) is 11.0 Å². The fourth-order valence-electron chi connectivity index (χ4n) is 2.34. The summed E-state index contributed by atoms with van der Waals surface area (Å²) in [5, 5.41) is 20.0. The van der Waals surface area contributed by atoms with Gasteiger partial charge in [0.05, 0.1) is 6.10 Å². The highest BCUT2D eigenvalue weighted by Gasteiger charge is 2.14. The van der Waals surface area contributed by atoms with Gasteiger partial charge in [-0.2, -0.15) is 0 Å². The molecule has 3 rings (SSSR count). The maximum absolute atomic E-state index is 10.2. The summed E-state index contributed by atoms with van der Waals surface area (Å²) < 4.78 is 7.51. The number of nitrogens with zero attached hydrogens (tertiary/aromatic N) is 3. The molecule has 0 radical (unpaired) electrons. The van der Waals surface area contributed by atoms with Crippen LogP contribution in [0, 0.1) is 6.92 Å². The summed E-state index contributed by atoms with van der Waals surface area (Å²) >= 11 is 7.37. The number of ether oxygens (including phenoxy) is 1. The topological polar surface area (TPSA) is 60.2 Å². The first kappa shape index (κ1) is 18.8. The van der Waals surface area contributed by atoms with Gasteiger partial charge in [0.1, 0.15) is 12.4 Å². The number of hydrogen-bond acceptors (Lipinski definition) is 5. The van der Waals surface area contributed by atoms with E-state index >= 15 is 0 Å². The van der Waals surface area contributed by atoms with Gasteiger partial charge in [-0.15, -0.1) is 10.2 Å².